The second-order valence-electron chi connectivity index (χ2n) is 1.73. The van der Waals surface area contributed by atoms with Crippen molar-refractivity contribution in [2.45, 2.75) is 13.8 Å². The van der Waals surface area contributed by atoms with E-state index < -0.39 is 5.97 Å². The number of rotatable bonds is 1. The summed E-state index contributed by atoms with van der Waals surface area (Å²) in [6.07, 6.45) is 0.722. The van der Waals surface area contributed by atoms with Gasteiger partial charge >= 0.3 is 0 Å². The number of aliphatic carboxylic acids is 1. The van der Waals surface area contributed by atoms with E-state index in [1.54, 1.807) is 0 Å². The Labute approximate surface area is 55.5 Å². The molecule has 0 heterocycles. The lowest BCUT2D eigenvalue weighted by Crippen LogP contribution is -2.17. The summed E-state index contributed by atoms with van der Waals surface area (Å²) in [5, 5.41) is 9.14. The Morgan fingerprint density at radius 3 is 1.67 bits per heavy atom. The number of carbonyl (C=O) groups excluding carboxylic acids is 1. The van der Waals surface area contributed by atoms with Crippen LogP contribution in [0.25, 0.3) is 0 Å². The van der Waals surface area contributed by atoms with Crippen molar-refractivity contribution in [2.24, 2.45) is 0 Å². The first kappa shape index (κ1) is 10.8. The third kappa shape index (κ3) is 189. The Balaban J connectivity index is 0. The number of carbonyl (C=O) groups is 1. The molecule has 0 fully saturated rings. The van der Waals surface area contributed by atoms with E-state index in [0.717, 1.165) is 6.08 Å². The van der Waals surface area contributed by atoms with Crippen LogP contribution >= 0.6 is 0 Å². The second kappa shape index (κ2) is 6.95. The van der Waals surface area contributed by atoms with Crippen LogP contribution in [0.4, 0.5) is 0 Å². The van der Waals surface area contributed by atoms with Gasteiger partial charge in [0.05, 0.1) is 5.97 Å². The molecular formula is C7H11O2-. The molecule has 0 saturated carbocycles. The number of carboxylic acid groups (broad SMARTS) is 1. The van der Waals surface area contributed by atoms with Crippen LogP contribution in [-0.2, 0) is 4.79 Å². The van der Waals surface area contributed by atoms with Gasteiger partial charge in [0.25, 0.3) is 0 Å². The standard InChI is InChI=1S/C4H8.C3H4O2/c1-4(2)3;1-2-3(4)5/h1H2,2-3H3;2H,1H2,(H,4,5)/p-1. The summed E-state index contributed by atoms with van der Waals surface area (Å²) in [4.78, 5) is 9.14. The van der Waals surface area contributed by atoms with Crippen LogP contribution in [0.3, 0.4) is 0 Å². The highest BCUT2D eigenvalue weighted by Crippen LogP contribution is 1.73. The highest BCUT2D eigenvalue weighted by molar-refractivity contribution is 5.76. The predicted molar refractivity (Wildman–Crippen MR) is 35.7 cm³/mol. The van der Waals surface area contributed by atoms with Crippen LogP contribution < -0.4 is 5.11 Å². The summed E-state index contributed by atoms with van der Waals surface area (Å²) in [5.74, 6) is -1.23. The molecule has 0 spiro atoms. The Hall–Kier alpha value is -1.05. The fourth-order valence-electron chi connectivity index (χ4n) is 0. The van der Waals surface area contributed by atoms with Crippen molar-refractivity contribution in [2.75, 3.05) is 0 Å². The van der Waals surface area contributed by atoms with E-state index in [-0.39, 0.29) is 0 Å². The van der Waals surface area contributed by atoms with Gasteiger partial charge in [0, 0.05) is 0 Å². The molecule has 0 aliphatic heterocycles. The van der Waals surface area contributed by atoms with E-state index in [0.29, 0.717) is 0 Å². The first-order valence-corrected chi connectivity index (χ1v) is 2.46. The van der Waals surface area contributed by atoms with Crippen LogP contribution in [0.15, 0.2) is 24.8 Å². The Morgan fingerprint density at radius 1 is 1.56 bits per heavy atom. The predicted octanol–water partition coefficient (Wildman–Crippen LogP) is 0.505. The summed E-state index contributed by atoms with van der Waals surface area (Å²) < 4.78 is 0. The lowest BCUT2D eigenvalue weighted by Gasteiger charge is -1.81. The van der Waals surface area contributed by atoms with Crippen molar-refractivity contribution in [3.8, 4) is 0 Å². The quantitative estimate of drug-likeness (QED) is 0.380. The fraction of sp³-hybridized carbons (Fsp3) is 0.286. The average molecular weight is 127 g/mol. The third-order valence-corrected chi connectivity index (χ3v) is 0.167. The van der Waals surface area contributed by atoms with Crippen LogP contribution in [0.5, 0.6) is 0 Å². The fourth-order valence-corrected chi connectivity index (χ4v) is 0. The molecule has 0 saturated heterocycles. The molecule has 0 aromatic rings. The summed E-state index contributed by atoms with van der Waals surface area (Å²) in [6.45, 7) is 10.4. The summed E-state index contributed by atoms with van der Waals surface area (Å²) >= 11 is 0. The van der Waals surface area contributed by atoms with Gasteiger partial charge in [-0.05, 0) is 19.9 Å². The van der Waals surface area contributed by atoms with Gasteiger partial charge in [0.2, 0.25) is 0 Å². The number of hydrogen-bond donors (Lipinski definition) is 0. The first-order chi connectivity index (χ1) is 4.00. The van der Waals surface area contributed by atoms with Crippen molar-refractivity contribution in [3.63, 3.8) is 0 Å². The van der Waals surface area contributed by atoms with Crippen LogP contribution in [0.1, 0.15) is 13.8 Å². The average Bonchev–Trinajstić information content (AvgIpc) is 1.65. The van der Waals surface area contributed by atoms with Gasteiger partial charge in [-0.2, -0.15) is 0 Å². The lowest BCUT2D eigenvalue weighted by atomic mass is 10.4. The zero-order valence-corrected chi connectivity index (χ0v) is 5.81. The normalized spacial score (nSPS) is 6.44. The largest absolute Gasteiger partial charge is 0.545 e. The maximum Gasteiger partial charge on any atom is 0.0636 e. The Kier molecular flexibility index (Phi) is 8.38. The molecule has 9 heavy (non-hydrogen) atoms. The third-order valence-electron chi connectivity index (χ3n) is 0.167. The molecule has 0 N–H and O–H groups in total. The summed E-state index contributed by atoms with van der Waals surface area (Å²) in [6, 6.07) is 0. The molecular weight excluding hydrogens is 116 g/mol. The van der Waals surface area contributed by atoms with Crippen molar-refractivity contribution >= 4 is 5.97 Å². The first-order valence-electron chi connectivity index (χ1n) is 2.46. The van der Waals surface area contributed by atoms with Gasteiger partial charge in [0.15, 0.2) is 0 Å². The van der Waals surface area contributed by atoms with E-state index in [1.807, 2.05) is 13.8 Å². The topological polar surface area (TPSA) is 40.1 Å². The van der Waals surface area contributed by atoms with Crippen molar-refractivity contribution in [1.82, 2.24) is 0 Å². The second-order valence-corrected chi connectivity index (χ2v) is 1.73. The zero-order valence-electron chi connectivity index (χ0n) is 5.81. The highest BCUT2D eigenvalue weighted by atomic mass is 16.4. The van der Waals surface area contributed by atoms with Crippen LogP contribution in [-0.4, -0.2) is 5.97 Å². The van der Waals surface area contributed by atoms with Crippen molar-refractivity contribution < 1.29 is 9.90 Å². The number of carboxylic acids is 1. The minimum absolute atomic E-state index is 0.722. The van der Waals surface area contributed by atoms with E-state index in [1.165, 1.54) is 5.57 Å². The van der Waals surface area contributed by atoms with E-state index in [2.05, 4.69) is 13.2 Å². The molecule has 2 heteroatoms. The van der Waals surface area contributed by atoms with E-state index >= 15 is 0 Å². The Morgan fingerprint density at radius 2 is 1.67 bits per heavy atom. The van der Waals surface area contributed by atoms with Gasteiger partial charge in [-0.25, -0.2) is 0 Å². The highest BCUT2D eigenvalue weighted by Gasteiger charge is 1.55. The molecule has 52 valence electrons. The van der Waals surface area contributed by atoms with Gasteiger partial charge < -0.3 is 9.90 Å². The molecule has 0 atom stereocenters. The summed E-state index contributed by atoms with van der Waals surface area (Å²) in [5.41, 5.74) is 1.17. The lowest BCUT2D eigenvalue weighted by molar-refractivity contribution is -0.297. The van der Waals surface area contributed by atoms with Gasteiger partial charge in [-0.1, -0.05) is 12.2 Å². The molecule has 2 nitrogen and oxygen atoms in total. The maximum atomic E-state index is 9.14. The molecule has 0 aliphatic carbocycles. The molecule has 0 amide bonds. The van der Waals surface area contributed by atoms with Gasteiger partial charge in [0.1, 0.15) is 0 Å². The zero-order chi connectivity index (χ0) is 7.86. The minimum Gasteiger partial charge on any atom is -0.545 e. The van der Waals surface area contributed by atoms with E-state index in [9.17, 15) is 0 Å². The van der Waals surface area contributed by atoms with Gasteiger partial charge in [-0.15, -0.1) is 6.58 Å². The minimum atomic E-state index is -1.23. The maximum absolute atomic E-state index is 9.14. The van der Waals surface area contributed by atoms with E-state index in [4.69, 9.17) is 9.90 Å². The van der Waals surface area contributed by atoms with Crippen molar-refractivity contribution in [3.05, 3.63) is 24.8 Å². The SMILES string of the molecule is C=C(C)C.C=CC(=O)[O-]. The molecule has 0 aliphatic rings. The molecule has 0 aromatic heterocycles. The molecule has 0 unspecified atom stereocenters. The Bertz CT molecular complexity index is 110. The molecule has 0 aromatic carbocycles. The summed E-state index contributed by atoms with van der Waals surface area (Å²) in [7, 11) is 0. The van der Waals surface area contributed by atoms with Crippen LogP contribution in [0, 0.1) is 0 Å². The van der Waals surface area contributed by atoms with Crippen molar-refractivity contribution in [1.29, 1.82) is 0 Å². The molecule has 0 bridgehead atoms. The molecule has 0 radical (unpaired) electrons. The number of allylic oxidation sites excluding steroid dienone is 1. The van der Waals surface area contributed by atoms with Gasteiger partial charge in [-0.3, -0.25) is 0 Å². The van der Waals surface area contributed by atoms with Crippen LogP contribution in [0.2, 0.25) is 0 Å². The monoisotopic (exact) mass is 127 g/mol. The smallest absolute Gasteiger partial charge is 0.0636 e. The number of hydrogen-bond acceptors (Lipinski definition) is 2. The molecule has 0 rings (SSSR count).